The highest BCUT2D eigenvalue weighted by molar-refractivity contribution is 6.22. The number of esters is 1. The van der Waals surface area contributed by atoms with E-state index in [0.717, 1.165) is 19.3 Å². The normalized spacial score (nSPS) is 27.7. The zero-order valence-electron chi connectivity index (χ0n) is 12.7. The first-order valence-electron chi connectivity index (χ1n) is 7.63. The molecule has 0 aromatic heterocycles. The van der Waals surface area contributed by atoms with Gasteiger partial charge in [-0.1, -0.05) is 6.92 Å². The number of fused-ring (bicyclic) bond motifs is 1. The second-order valence-electron chi connectivity index (χ2n) is 6.23. The van der Waals surface area contributed by atoms with Crippen molar-refractivity contribution in [1.29, 1.82) is 0 Å². The van der Waals surface area contributed by atoms with Crippen LogP contribution >= 0.6 is 0 Å². The molecule has 2 amide bonds. The molecule has 116 valence electrons. The van der Waals surface area contributed by atoms with E-state index in [-0.39, 0.29) is 23.7 Å². The molecule has 22 heavy (non-hydrogen) atoms. The van der Waals surface area contributed by atoms with E-state index in [9.17, 15) is 14.4 Å². The maximum absolute atomic E-state index is 12.6. The van der Waals surface area contributed by atoms with Crippen molar-refractivity contribution in [3.8, 4) is 5.75 Å². The lowest BCUT2D eigenvalue weighted by molar-refractivity contribution is -0.132. The van der Waals surface area contributed by atoms with Gasteiger partial charge in [0.05, 0.1) is 17.5 Å². The molecular weight excluding hydrogens is 282 g/mol. The Morgan fingerprint density at radius 2 is 1.73 bits per heavy atom. The molecule has 1 saturated heterocycles. The quantitative estimate of drug-likeness (QED) is 0.478. The first-order valence-corrected chi connectivity index (χ1v) is 7.63. The average Bonchev–Trinajstić information content (AvgIpc) is 2.71. The van der Waals surface area contributed by atoms with Crippen molar-refractivity contribution >= 4 is 23.5 Å². The minimum Gasteiger partial charge on any atom is -0.427 e. The van der Waals surface area contributed by atoms with Crippen LogP contribution in [0.25, 0.3) is 0 Å². The second-order valence-corrected chi connectivity index (χ2v) is 6.23. The van der Waals surface area contributed by atoms with Gasteiger partial charge >= 0.3 is 5.97 Å². The van der Waals surface area contributed by atoms with Crippen molar-refractivity contribution in [3.05, 3.63) is 24.3 Å². The van der Waals surface area contributed by atoms with Crippen LogP contribution in [0.1, 0.15) is 33.1 Å². The van der Waals surface area contributed by atoms with Crippen molar-refractivity contribution in [2.75, 3.05) is 4.90 Å². The van der Waals surface area contributed by atoms with Crippen LogP contribution in [0.3, 0.4) is 0 Å². The van der Waals surface area contributed by atoms with Gasteiger partial charge in [0, 0.05) is 6.92 Å². The number of carbonyl (C=O) groups is 3. The number of nitrogens with zero attached hydrogens (tertiary/aromatic N) is 1. The summed E-state index contributed by atoms with van der Waals surface area (Å²) in [6, 6.07) is 6.49. The summed E-state index contributed by atoms with van der Waals surface area (Å²) in [6.45, 7) is 3.46. The van der Waals surface area contributed by atoms with Crippen molar-refractivity contribution < 1.29 is 19.1 Å². The summed E-state index contributed by atoms with van der Waals surface area (Å²) in [5, 5.41) is 0. The molecule has 3 rings (SSSR count). The molecule has 1 aromatic rings. The first kappa shape index (κ1) is 14.8. The molecule has 0 bridgehead atoms. The van der Waals surface area contributed by atoms with Crippen molar-refractivity contribution in [2.45, 2.75) is 33.1 Å². The number of benzene rings is 1. The zero-order chi connectivity index (χ0) is 15.9. The molecule has 2 fully saturated rings. The molecule has 1 heterocycles. The molecule has 1 aliphatic carbocycles. The van der Waals surface area contributed by atoms with Crippen molar-refractivity contribution in [1.82, 2.24) is 0 Å². The van der Waals surface area contributed by atoms with Gasteiger partial charge in [0.2, 0.25) is 11.8 Å². The van der Waals surface area contributed by atoms with Gasteiger partial charge in [0.15, 0.2) is 0 Å². The van der Waals surface area contributed by atoms with Crippen LogP contribution in [0.5, 0.6) is 5.75 Å². The van der Waals surface area contributed by atoms with E-state index in [1.54, 1.807) is 24.3 Å². The fourth-order valence-electron chi connectivity index (χ4n) is 3.47. The van der Waals surface area contributed by atoms with Crippen LogP contribution in [0.4, 0.5) is 5.69 Å². The van der Waals surface area contributed by atoms with E-state index in [1.165, 1.54) is 11.8 Å². The molecule has 5 nitrogen and oxygen atoms in total. The Bertz CT molecular complexity index is 622. The molecule has 0 unspecified atom stereocenters. The maximum atomic E-state index is 12.6. The Kier molecular flexibility index (Phi) is 3.72. The maximum Gasteiger partial charge on any atom is 0.308 e. The highest BCUT2D eigenvalue weighted by atomic mass is 16.5. The largest absolute Gasteiger partial charge is 0.427 e. The predicted octanol–water partition coefficient (Wildman–Crippen LogP) is 2.54. The highest BCUT2D eigenvalue weighted by Crippen LogP contribution is 2.42. The molecule has 0 radical (unpaired) electrons. The summed E-state index contributed by atoms with van der Waals surface area (Å²) >= 11 is 0. The third-order valence-corrected chi connectivity index (χ3v) is 4.54. The lowest BCUT2D eigenvalue weighted by Gasteiger charge is -2.25. The smallest absolute Gasteiger partial charge is 0.308 e. The number of ether oxygens (including phenoxy) is 1. The Morgan fingerprint density at radius 1 is 1.09 bits per heavy atom. The summed E-state index contributed by atoms with van der Waals surface area (Å²) in [6.07, 6.45) is 2.58. The number of imide groups is 1. The molecule has 1 aliphatic heterocycles. The minimum absolute atomic E-state index is 0.0952. The van der Waals surface area contributed by atoms with Gasteiger partial charge in [-0.25, -0.2) is 0 Å². The van der Waals surface area contributed by atoms with Gasteiger partial charge in [0.25, 0.3) is 0 Å². The van der Waals surface area contributed by atoms with Crippen molar-refractivity contribution in [2.24, 2.45) is 17.8 Å². The van der Waals surface area contributed by atoms with E-state index in [1.807, 2.05) is 0 Å². The summed E-state index contributed by atoms with van der Waals surface area (Å²) in [5.41, 5.74) is 0.549. The highest BCUT2D eigenvalue weighted by Gasteiger charge is 2.49. The third kappa shape index (κ3) is 2.51. The number of anilines is 1. The lowest BCUT2D eigenvalue weighted by Crippen LogP contribution is -2.30. The second kappa shape index (κ2) is 5.55. The van der Waals surface area contributed by atoms with Crippen LogP contribution in [0.15, 0.2) is 24.3 Å². The van der Waals surface area contributed by atoms with Gasteiger partial charge < -0.3 is 4.74 Å². The minimum atomic E-state index is -0.402. The SMILES string of the molecule is CC(=O)Oc1ccc(N2C(=O)[C@@H]3CC[C@@H](C)C[C@H]3C2=O)cc1. The average molecular weight is 301 g/mol. The zero-order valence-corrected chi connectivity index (χ0v) is 12.7. The Morgan fingerprint density at radius 3 is 2.36 bits per heavy atom. The van der Waals surface area contributed by atoms with E-state index < -0.39 is 5.97 Å². The van der Waals surface area contributed by atoms with Crippen LogP contribution in [-0.2, 0) is 14.4 Å². The standard InChI is InChI=1S/C17H19NO4/c1-10-3-8-14-15(9-10)17(21)18(16(14)20)12-4-6-13(7-5-12)22-11(2)19/h4-7,10,14-15H,3,8-9H2,1-2H3/t10-,14-,15-/m1/s1. The number of carbonyl (C=O) groups excluding carboxylic acids is 3. The van der Waals surface area contributed by atoms with E-state index in [0.29, 0.717) is 17.4 Å². The molecule has 1 saturated carbocycles. The molecule has 5 heteroatoms. The molecular formula is C17H19NO4. The van der Waals surface area contributed by atoms with Crippen molar-refractivity contribution in [3.63, 3.8) is 0 Å². The first-order chi connectivity index (χ1) is 10.5. The predicted molar refractivity (Wildman–Crippen MR) is 80.2 cm³/mol. The Balaban J connectivity index is 1.83. The topological polar surface area (TPSA) is 63.7 Å². The molecule has 0 spiro atoms. The fourth-order valence-corrected chi connectivity index (χ4v) is 3.47. The fraction of sp³-hybridized carbons (Fsp3) is 0.471. The van der Waals surface area contributed by atoms with Gasteiger partial charge in [0.1, 0.15) is 5.75 Å². The van der Waals surface area contributed by atoms with E-state index >= 15 is 0 Å². The summed E-state index contributed by atoms with van der Waals surface area (Å²) < 4.78 is 4.97. The third-order valence-electron chi connectivity index (χ3n) is 4.54. The van der Waals surface area contributed by atoms with Crippen LogP contribution < -0.4 is 9.64 Å². The number of amides is 2. The van der Waals surface area contributed by atoms with Gasteiger partial charge in [-0.05, 0) is 49.4 Å². The number of rotatable bonds is 2. The van der Waals surface area contributed by atoms with E-state index in [2.05, 4.69) is 6.92 Å². The monoisotopic (exact) mass is 301 g/mol. The molecule has 2 aliphatic rings. The molecule has 0 N–H and O–H groups in total. The van der Waals surface area contributed by atoms with Crippen LogP contribution in [0, 0.1) is 17.8 Å². The number of hydrogen-bond donors (Lipinski definition) is 0. The van der Waals surface area contributed by atoms with Crippen LogP contribution in [0.2, 0.25) is 0 Å². The van der Waals surface area contributed by atoms with E-state index in [4.69, 9.17) is 4.74 Å². The van der Waals surface area contributed by atoms with Gasteiger partial charge in [-0.3, -0.25) is 19.3 Å². The summed E-state index contributed by atoms with van der Waals surface area (Å²) in [5.74, 6) is -0.0445. The lowest BCUT2D eigenvalue weighted by atomic mass is 9.76. The summed E-state index contributed by atoms with van der Waals surface area (Å²) in [7, 11) is 0. The van der Waals surface area contributed by atoms with Gasteiger partial charge in [-0.15, -0.1) is 0 Å². The molecule has 1 aromatic carbocycles. The van der Waals surface area contributed by atoms with Crippen LogP contribution in [-0.4, -0.2) is 17.8 Å². The summed E-state index contributed by atoms with van der Waals surface area (Å²) in [4.78, 5) is 37.3. The Labute approximate surface area is 129 Å². The van der Waals surface area contributed by atoms with Gasteiger partial charge in [-0.2, -0.15) is 0 Å². The number of hydrogen-bond acceptors (Lipinski definition) is 4. The Hall–Kier alpha value is -2.17. The molecule has 3 atom stereocenters.